The van der Waals surface area contributed by atoms with Gasteiger partial charge in [0.25, 0.3) is 7.82 Å². The molecule has 0 rings (SSSR count). The Morgan fingerprint density at radius 3 is 1.43 bits per heavy atom. The Labute approximate surface area is 345 Å². The van der Waals surface area contributed by atoms with Crippen LogP contribution in [0.4, 0.5) is 0 Å². The molecule has 9 heteroatoms. The van der Waals surface area contributed by atoms with Crippen molar-refractivity contribution in [3.8, 4) is 0 Å². The molecule has 0 aliphatic heterocycles. The largest absolute Gasteiger partial charge is 0.756 e. The number of carbonyl (C=O) groups is 1. The molecule has 0 heterocycles. The number of nitrogens with zero attached hydrogens (tertiary/aromatic N) is 1. The van der Waals surface area contributed by atoms with Gasteiger partial charge in [0.05, 0.1) is 39.9 Å². The van der Waals surface area contributed by atoms with Crippen molar-refractivity contribution in [2.45, 2.75) is 193 Å². The van der Waals surface area contributed by atoms with E-state index in [1.807, 2.05) is 27.2 Å². The first-order chi connectivity index (χ1) is 27.0. The van der Waals surface area contributed by atoms with E-state index in [9.17, 15) is 19.4 Å². The topological polar surface area (TPSA) is 108 Å². The molecular formula is C47H87N2O6P. The van der Waals surface area contributed by atoms with Crippen LogP contribution in [0.5, 0.6) is 0 Å². The number of unbranched alkanes of at least 4 members (excludes halogenated alkanes) is 18. The molecular weight excluding hydrogens is 719 g/mol. The second-order valence-corrected chi connectivity index (χ2v) is 17.8. The van der Waals surface area contributed by atoms with Gasteiger partial charge in [-0.2, -0.15) is 0 Å². The molecule has 0 radical (unpaired) electrons. The van der Waals surface area contributed by atoms with Crippen molar-refractivity contribution in [3.63, 3.8) is 0 Å². The van der Waals surface area contributed by atoms with Crippen LogP contribution in [-0.2, 0) is 18.4 Å². The van der Waals surface area contributed by atoms with Gasteiger partial charge in [-0.05, 0) is 38.5 Å². The molecule has 0 bridgehead atoms. The Balaban J connectivity index is 4.46. The lowest BCUT2D eigenvalue weighted by Crippen LogP contribution is -2.46. The maximum Gasteiger partial charge on any atom is 0.268 e. The Bertz CT molecular complexity index is 1100. The molecule has 0 aromatic rings. The fraction of sp³-hybridized carbons (Fsp3) is 0.766. The van der Waals surface area contributed by atoms with Gasteiger partial charge < -0.3 is 28.8 Å². The zero-order valence-electron chi connectivity index (χ0n) is 36.8. The molecule has 3 unspecified atom stereocenters. The summed E-state index contributed by atoms with van der Waals surface area (Å²) in [5, 5.41) is 13.8. The van der Waals surface area contributed by atoms with Crippen molar-refractivity contribution in [2.24, 2.45) is 0 Å². The van der Waals surface area contributed by atoms with Crippen LogP contribution in [0, 0.1) is 0 Å². The highest BCUT2D eigenvalue weighted by atomic mass is 31.2. The molecule has 0 aliphatic carbocycles. The van der Waals surface area contributed by atoms with Gasteiger partial charge in [0, 0.05) is 6.42 Å². The number of aliphatic hydroxyl groups is 1. The molecule has 0 spiro atoms. The summed E-state index contributed by atoms with van der Waals surface area (Å²) in [6.07, 6.45) is 49.7. The number of phosphoric ester groups is 1. The fourth-order valence-corrected chi connectivity index (χ4v) is 6.95. The maximum absolute atomic E-state index is 12.8. The number of likely N-dealkylation sites (N-methyl/N-ethyl adjacent to an activating group) is 1. The Kier molecular flexibility index (Phi) is 37.5. The summed E-state index contributed by atoms with van der Waals surface area (Å²) in [6, 6.07) is -0.856. The molecule has 0 saturated heterocycles. The van der Waals surface area contributed by atoms with Crippen molar-refractivity contribution < 1.29 is 32.9 Å². The average molecular weight is 807 g/mol. The van der Waals surface area contributed by atoms with Crippen LogP contribution in [0.1, 0.15) is 181 Å². The van der Waals surface area contributed by atoms with Crippen molar-refractivity contribution in [1.29, 1.82) is 0 Å². The summed E-state index contributed by atoms with van der Waals surface area (Å²) in [4.78, 5) is 25.3. The zero-order chi connectivity index (χ0) is 41.4. The van der Waals surface area contributed by atoms with Crippen LogP contribution in [0.15, 0.2) is 60.8 Å². The molecule has 0 aliphatic rings. The lowest BCUT2D eigenvalue weighted by Gasteiger charge is -2.30. The van der Waals surface area contributed by atoms with Gasteiger partial charge >= 0.3 is 0 Å². The number of nitrogens with one attached hydrogen (secondary N) is 1. The van der Waals surface area contributed by atoms with Crippen LogP contribution in [0.3, 0.4) is 0 Å². The lowest BCUT2D eigenvalue weighted by molar-refractivity contribution is -0.870. The van der Waals surface area contributed by atoms with Gasteiger partial charge in [0.2, 0.25) is 5.91 Å². The minimum atomic E-state index is -4.59. The molecule has 3 atom stereocenters. The number of quaternary nitrogens is 1. The first kappa shape index (κ1) is 54.2. The molecule has 0 fully saturated rings. The summed E-state index contributed by atoms with van der Waals surface area (Å²) < 4.78 is 23.2. The van der Waals surface area contributed by atoms with E-state index in [0.29, 0.717) is 23.9 Å². The number of rotatable bonds is 40. The van der Waals surface area contributed by atoms with E-state index in [2.05, 4.69) is 67.8 Å². The second-order valence-electron chi connectivity index (χ2n) is 16.4. The second kappa shape index (κ2) is 38.7. The number of carbonyl (C=O) groups excluding carboxylic acids is 1. The first-order valence-electron chi connectivity index (χ1n) is 22.6. The highest BCUT2D eigenvalue weighted by Crippen LogP contribution is 2.38. The third-order valence-electron chi connectivity index (χ3n) is 9.80. The number of aliphatic hydroxyl groups excluding tert-OH is 1. The monoisotopic (exact) mass is 807 g/mol. The molecule has 56 heavy (non-hydrogen) atoms. The number of phosphoric acid groups is 1. The van der Waals surface area contributed by atoms with E-state index >= 15 is 0 Å². The van der Waals surface area contributed by atoms with E-state index in [-0.39, 0.29) is 25.5 Å². The summed E-state index contributed by atoms with van der Waals surface area (Å²) in [7, 11) is 1.24. The van der Waals surface area contributed by atoms with Crippen LogP contribution in [0.25, 0.3) is 0 Å². The van der Waals surface area contributed by atoms with Crippen molar-refractivity contribution in [3.05, 3.63) is 60.8 Å². The van der Waals surface area contributed by atoms with E-state index in [4.69, 9.17) is 9.05 Å². The normalized spacial score (nSPS) is 14.9. The molecule has 326 valence electrons. The molecule has 0 saturated carbocycles. The third-order valence-corrected chi connectivity index (χ3v) is 10.8. The first-order valence-corrected chi connectivity index (χ1v) is 24.1. The lowest BCUT2D eigenvalue weighted by atomic mass is 10.0. The number of hydrogen-bond donors (Lipinski definition) is 2. The van der Waals surface area contributed by atoms with Crippen LogP contribution < -0.4 is 10.2 Å². The molecule has 0 aromatic carbocycles. The third kappa shape index (κ3) is 40.4. The van der Waals surface area contributed by atoms with Gasteiger partial charge in [-0.25, -0.2) is 0 Å². The SMILES string of the molecule is CC/C=C\C/C=C\C/C=C\C/C=C\C/C=C\CC(=O)NC(COP(=O)([O-])OCC[N+](C)(C)C)C(O)CCCCCCCCCCCCCCCCCCCCC. The van der Waals surface area contributed by atoms with E-state index in [0.717, 1.165) is 44.9 Å². The Hall–Kier alpha value is -1.80. The maximum atomic E-state index is 12.8. The van der Waals surface area contributed by atoms with Crippen LogP contribution in [-0.4, -0.2) is 68.5 Å². The number of amides is 1. The predicted octanol–water partition coefficient (Wildman–Crippen LogP) is 12.0. The number of allylic oxidation sites excluding steroid dienone is 9. The summed E-state index contributed by atoms with van der Waals surface area (Å²) >= 11 is 0. The van der Waals surface area contributed by atoms with Gasteiger partial charge in [-0.15, -0.1) is 0 Å². The van der Waals surface area contributed by atoms with Gasteiger partial charge in [0.1, 0.15) is 13.2 Å². The number of hydrogen-bond acceptors (Lipinski definition) is 6. The van der Waals surface area contributed by atoms with Crippen molar-refractivity contribution in [2.75, 3.05) is 40.9 Å². The van der Waals surface area contributed by atoms with Gasteiger partial charge in [0.15, 0.2) is 0 Å². The Morgan fingerprint density at radius 1 is 0.625 bits per heavy atom. The van der Waals surface area contributed by atoms with Crippen molar-refractivity contribution >= 4 is 13.7 Å². The minimum absolute atomic E-state index is 0.00666. The summed E-state index contributed by atoms with van der Waals surface area (Å²) in [5.74, 6) is -0.293. The predicted molar refractivity (Wildman–Crippen MR) is 237 cm³/mol. The smallest absolute Gasteiger partial charge is 0.268 e. The molecule has 2 N–H and O–H groups in total. The van der Waals surface area contributed by atoms with Crippen molar-refractivity contribution in [1.82, 2.24) is 5.32 Å². The van der Waals surface area contributed by atoms with E-state index in [1.54, 1.807) is 6.08 Å². The summed E-state index contributed by atoms with van der Waals surface area (Å²) in [6.45, 7) is 4.52. The van der Waals surface area contributed by atoms with Crippen LogP contribution >= 0.6 is 7.82 Å². The molecule has 1 amide bonds. The molecule has 8 nitrogen and oxygen atoms in total. The highest BCUT2D eigenvalue weighted by molar-refractivity contribution is 7.45. The zero-order valence-corrected chi connectivity index (χ0v) is 37.7. The molecule has 0 aromatic heterocycles. The van der Waals surface area contributed by atoms with Gasteiger partial charge in [-0.3, -0.25) is 9.36 Å². The van der Waals surface area contributed by atoms with Crippen LogP contribution in [0.2, 0.25) is 0 Å². The quantitative estimate of drug-likeness (QED) is 0.0276. The summed E-state index contributed by atoms with van der Waals surface area (Å²) in [5.41, 5.74) is 0. The standard InChI is InChI=1S/C47H87N2O6P/c1-6-8-10-12-14-16-18-20-22-23-24-25-27-28-30-32-34-36-38-40-46(50)45(44-55-56(52,53)54-43-42-49(3,4)5)48-47(51)41-39-37-35-33-31-29-26-21-19-17-15-13-11-9-7-2/h9,11,15,17,21,26,31,33,37,39,45-46,50H,6-8,10,12-14,16,18-20,22-25,27-30,32,34-36,38,40-44H2,1-5H3,(H-,48,51,52,53)/b11-9-,17-15-,26-21-,33-31-,39-37-. The average Bonchev–Trinajstić information content (AvgIpc) is 3.15. The fourth-order valence-electron chi connectivity index (χ4n) is 6.22. The Morgan fingerprint density at radius 2 is 1.02 bits per heavy atom. The van der Waals surface area contributed by atoms with E-state index < -0.39 is 20.0 Å². The van der Waals surface area contributed by atoms with Gasteiger partial charge in [-0.1, -0.05) is 197 Å². The minimum Gasteiger partial charge on any atom is -0.756 e. The van der Waals surface area contributed by atoms with E-state index in [1.165, 1.54) is 103 Å². The highest BCUT2D eigenvalue weighted by Gasteiger charge is 2.24.